The minimum absolute atomic E-state index is 0.0659. The largest absolute Gasteiger partial charge is 0.384 e. The van der Waals surface area contributed by atoms with Crippen molar-refractivity contribution in [3.8, 4) is 11.8 Å². The van der Waals surface area contributed by atoms with Gasteiger partial charge < -0.3 is 9.64 Å². The van der Waals surface area contributed by atoms with Crippen LogP contribution in [-0.2, 0) is 4.74 Å². The molecule has 0 saturated carbocycles. The third-order valence-electron chi connectivity index (χ3n) is 4.11. The molecule has 1 aliphatic heterocycles. The van der Waals surface area contributed by atoms with Crippen molar-refractivity contribution in [2.45, 2.75) is 12.8 Å². The molecule has 3 rings (SSSR count). The van der Waals surface area contributed by atoms with Crippen molar-refractivity contribution in [1.29, 1.82) is 0 Å². The van der Waals surface area contributed by atoms with Crippen molar-refractivity contribution < 1.29 is 9.53 Å². The SMILES string of the molecule is COCC1CCN(C(=O)c2cnc(C#Cc3ccccc3)s2)CC1. The highest BCUT2D eigenvalue weighted by molar-refractivity contribution is 7.14. The third kappa shape index (κ3) is 4.22. The molecule has 0 spiro atoms. The molecule has 1 aromatic heterocycles. The van der Waals surface area contributed by atoms with E-state index in [1.807, 2.05) is 35.2 Å². The zero-order valence-corrected chi connectivity index (χ0v) is 14.5. The second-order valence-corrected chi connectivity index (χ2v) is 6.87. The Balaban J connectivity index is 1.61. The Labute approximate surface area is 146 Å². The van der Waals surface area contributed by atoms with Gasteiger partial charge in [0.05, 0.1) is 6.20 Å². The Bertz CT molecular complexity index is 737. The van der Waals surface area contributed by atoms with E-state index in [0.29, 0.717) is 15.8 Å². The number of thiazole rings is 1. The minimum atomic E-state index is 0.0659. The van der Waals surface area contributed by atoms with Crippen LogP contribution in [0.1, 0.15) is 33.1 Å². The standard InChI is InChI=1S/C19H20N2O2S/c1-23-14-16-9-11-21(12-10-16)19(22)17-13-20-18(24-17)8-7-15-5-3-2-4-6-15/h2-6,13,16H,9-12,14H2,1H3. The van der Waals surface area contributed by atoms with E-state index in [1.54, 1.807) is 13.3 Å². The third-order valence-corrected chi connectivity index (χ3v) is 5.01. The molecule has 1 fully saturated rings. The summed E-state index contributed by atoms with van der Waals surface area (Å²) in [5.74, 6) is 6.73. The number of carbonyl (C=O) groups excluding carboxylic acids is 1. The summed E-state index contributed by atoms with van der Waals surface area (Å²) in [6.07, 6.45) is 3.64. The number of methoxy groups -OCH3 is 1. The molecule has 0 bridgehead atoms. The lowest BCUT2D eigenvalue weighted by atomic mass is 9.98. The number of hydrogen-bond acceptors (Lipinski definition) is 4. The first-order valence-electron chi connectivity index (χ1n) is 8.07. The molecule has 4 nitrogen and oxygen atoms in total. The van der Waals surface area contributed by atoms with Gasteiger partial charge in [0.1, 0.15) is 4.88 Å². The number of likely N-dealkylation sites (tertiary alicyclic amines) is 1. The zero-order valence-electron chi connectivity index (χ0n) is 13.7. The van der Waals surface area contributed by atoms with Crippen molar-refractivity contribution in [3.05, 3.63) is 52.0 Å². The summed E-state index contributed by atoms with van der Waals surface area (Å²) >= 11 is 1.36. The predicted molar refractivity (Wildman–Crippen MR) is 95.0 cm³/mol. The zero-order chi connectivity index (χ0) is 16.8. The Kier molecular flexibility index (Phi) is 5.63. The fraction of sp³-hybridized carbons (Fsp3) is 0.368. The normalized spacial score (nSPS) is 15.0. The molecular formula is C19H20N2O2S. The number of carbonyl (C=O) groups is 1. The molecule has 5 heteroatoms. The van der Waals surface area contributed by atoms with Crippen molar-refractivity contribution in [1.82, 2.24) is 9.88 Å². The van der Waals surface area contributed by atoms with Crippen LogP contribution in [0.4, 0.5) is 0 Å². The van der Waals surface area contributed by atoms with Gasteiger partial charge in [0.25, 0.3) is 5.91 Å². The summed E-state index contributed by atoms with van der Waals surface area (Å²) in [5, 5.41) is 0.677. The van der Waals surface area contributed by atoms with Crippen LogP contribution in [0, 0.1) is 17.8 Å². The van der Waals surface area contributed by atoms with Crippen LogP contribution in [0.25, 0.3) is 0 Å². The number of amides is 1. The van der Waals surface area contributed by atoms with Crippen LogP contribution in [0.5, 0.6) is 0 Å². The highest BCUT2D eigenvalue weighted by atomic mass is 32.1. The van der Waals surface area contributed by atoms with Crippen LogP contribution in [-0.4, -0.2) is 42.6 Å². The number of piperidine rings is 1. The van der Waals surface area contributed by atoms with Crippen molar-refractivity contribution in [2.24, 2.45) is 5.92 Å². The molecule has 24 heavy (non-hydrogen) atoms. The average molecular weight is 340 g/mol. The molecule has 1 saturated heterocycles. The number of rotatable bonds is 3. The van der Waals surface area contributed by atoms with Gasteiger partial charge in [0, 0.05) is 32.4 Å². The molecule has 0 unspecified atom stereocenters. The number of aromatic nitrogens is 1. The molecule has 2 heterocycles. The predicted octanol–water partition coefficient (Wildman–Crippen LogP) is 3.04. The maximum Gasteiger partial charge on any atom is 0.265 e. The first-order valence-corrected chi connectivity index (χ1v) is 8.89. The summed E-state index contributed by atoms with van der Waals surface area (Å²) < 4.78 is 5.20. The second kappa shape index (κ2) is 8.09. The molecule has 1 aliphatic rings. The van der Waals surface area contributed by atoms with Gasteiger partial charge in [-0.2, -0.15) is 0 Å². The molecule has 0 N–H and O–H groups in total. The van der Waals surface area contributed by atoms with Crippen molar-refractivity contribution in [2.75, 3.05) is 26.8 Å². The first kappa shape index (κ1) is 16.7. The maximum absolute atomic E-state index is 12.6. The second-order valence-electron chi connectivity index (χ2n) is 5.84. The highest BCUT2D eigenvalue weighted by Crippen LogP contribution is 2.21. The summed E-state index contributed by atoms with van der Waals surface area (Å²) in [7, 11) is 1.73. The van der Waals surface area contributed by atoms with Gasteiger partial charge in [-0.1, -0.05) is 24.1 Å². The van der Waals surface area contributed by atoms with Crippen molar-refractivity contribution in [3.63, 3.8) is 0 Å². The van der Waals surface area contributed by atoms with Gasteiger partial charge in [0.15, 0.2) is 5.01 Å². The monoisotopic (exact) mass is 340 g/mol. The van der Waals surface area contributed by atoms with Gasteiger partial charge in [-0.15, -0.1) is 11.3 Å². The van der Waals surface area contributed by atoms with E-state index >= 15 is 0 Å². The van der Waals surface area contributed by atoms with E-state index in [-0.39, 0.29) is 5.91 Å². The fourth-order valence-corrected chi connectivity index (χ4v) is 3.51. The van der Waals surface area contributed by atoms with Crippen LogP contribution < -0.4 is 0 Å². The van der Waals surface area contributed by atoms with E-state index in [2.05, 4.69) is 16.8 Å². The van der Waals surface area contributed by atoms with Gasteiger partial charge in [-0.25, -0.2) is 4.98 Å². The molecule has 2 aromatic rings. The molecular weight excluding hydrogens is 320 g/mol. The van der Waals surface area contributed by atoms with Gasteiger partial charge in [-0.05, 0) is 36.8 Å². The summed E-state index contributed by atoms with van der Waals surface area (Å²) in [6.45, 7) is 2.35. The van der Waals surface area contributed by atoms with E-state index in [0.717, 1.165) is 38.1 Å². The van der Waals surface area contributed by atoms with E-state index < -0.39 is 0 Å². The number of ether oxygens (including phenoxy) is 1. The fourth-order valence-electron chi connectivity index (χ4n) is 2.77. The smallest absolute Gasteiger partial charge is 0.265 e. The quantitative estimate of drug-likeness (QED) is 0.807. The topological polar surface area (TPSA) is 42.4 Å². The maximum atomic E-state index is 12.6. The molecule has 0 radical (unpaired) electrons. The van der Waals surface area contributed by atoms with Gasteiger partial charge in [-0.3, -0.25) is 4.79 Å². The highest BCUT2D eigenvalue weighted by Gasteiger charge is 2.24. The molecule has 124 valence electrons. The number of hydrogen-bond donors (Lipinski definition) is 0. The average Bonchev–Trinajstić information content (AvgIpc) is 3.10. The van der Waals surface area contributed by atoms with Crippen LogP contribution in [0.2, 0.25) is 0 Å². The van der Waals surface area contributed by atoms with Crippen LogP contribution in [0.3, 0.4) is 0 Å². The molecule has 0 aliphatic carbocycles. The van der Waals surface area contributed by atoms with Gasteiger partial charge in [0.2, 0.25) is 0 Å². The molecule has 0 atom stereocenters. The molecule has 1 aromatic carbocycles. The summed E-state index contributed by atoms with van der Waals surface area (Å²) in [5.41, 5.74) is 0.945. The van der Waals surface area contributed by atoms with Crippen LogP contribution >= 0.6 is 11.3 Å². The summed E-state index contributed by atoms with van der Waals surface area (Å²) in [6, 6.07) is 9.77. The summed E-state index contributed by atoms with van der Waals surface area (Å²) in [4.78, 5) is 19.4. The van der Waals surface area contributed by atoms with E-state index in [9.17, 15) is 4.79 Å². The molecule has 1 amide bonds. The van der Waals surface area contributed by atoms with E-state index in [4.69, 9.17) is 4.74 Å². The lowest BCUT2D eigenvalue weighted by Gasteiger charge is -2.31. The number of nitrogens with zero attached hydrogens (tertiary/aromatic N) is 2. The number of benzene rings is 1. The van der Waals surface area contributed by atoms with Gasteiger partial charge >= 0.3 is 0 Å². The lowest BCUT2D eigenvalue weighted by Crippen LogP contribution is -2.39. The Hall–Kier alpha value is -2.16. The van der Waals surface area contributed by atoms with Crippen LogP contribution in [0.15, 0.2) is 36.5 Å². The first-order chi connectivity index (χ1) is 11.8. The lowest BCUT2D eigenvalue weighted by molar-refractivity contribution is 0.0618. The minimum Gasteiger partial charge on any atom is -0.384 e. The van der Waals surface area contributed by atoms with Crippen molar-refractivity contribution >= 4 is 17.2 Å². The Morgan fingerprint density at radius 2 is 2.04 bits per heavy atom. The van der Waals surface area contributed by atoms with E-state index in [1.165, 1.54) is 11.3 Å². The Morgan fingerprint density at radius 1 is 1.29 bits per heavy atom. The Morgan fingerprint density at radius 3 is 2.75 bits per heavy atom.